The number of alkyl halides is 3. The number of nitrogens with zero attached hydrogens (tertiary/aromatic N) is 2. The smallest absolute Gasteiger partial charge is 0.481 e. The summed E-state index contributed by atoms with van der Waals surface area (Å²) >= 11 is 1.52. The van der Waals surface area contributed by atoms with E-state index in [1.807, 2.05) is 0 Å². The van der Waals surface area contributed by atoms with Gasteiger partial charge in [0, 0.05) is 0 Å². The predicted octanol–water partition coefficient (Wildman–Crippen LogP) is 2.12. The molecule has 1 aromatic rings. The molecule has 0 aromatic carbocycles. The molecule has 0 radical (unpaired) electrons. The van der Waals surface area contributed by atoms with Gasteiger partial charge in [-0.3, -0.25) is 14.9 Å². The number of nitro groups is 1. The Kier molecular flexibility index (Phi) is 4.49. The lowest BCUT2D eigenvalue weighted by molar-refractivity contribution is -0.388. The van der Waals surface area contributed by atoms with Crippen LogP contribution in [0, 0.1) is 13.8 Å². The third-order valence-electron chi connectivity index (χ3n) is 1.73. The minimum absolute atomic E-state index is 0.0184. The highest BCUT2D eigenvalue weighted by Crippen LogP contribution is 2.35. The van der Waals surface area contributed by atoms with Gasteiger partial charge in [-0.05, 0) is 22.6 Å². The number of halogens is 4. The van der Waals surface area contributed by atoms with Crippen molar-refractivity contribution >= 4 is 34.2 Å². The molecule has 0 amide bonds. The van der Waals surface area contributed by atoms with E-state index in [0.717, 1.165) is 6.07 Å². The zero-order valence-corrected chi connectivity index (χ0v) is 10.9. The Morgan fingerprint density at radius 2 is 2.16 bits per heavy atom. The first-order valence-corrected chi connectivity index (χ1v) is 5.49. The Bertz CT molecular complexity index is 534. The molecule has 0 aliphatic heterocycles. The molecule has 7 nitrogen and oxygen atoms in total. The van der Waals surface area contributed by atoms with Gasteiger partial charge in [0.25, 0.3) is 0 Å². The average molecular weight is 392 g/mol. The first kappa shape index (κ1) is 15.4. The summed E-state index contributed by atoms with van der Waals surface area (Å²) in [4.78, 5) is 23.6. The van der Waals surface area contributed by atoms with Crippen LogP contribution in [-0.4, -0.2) is 27.3 Å². The van der Waals surface area contributed by atoms with Gasteiger partial charge < -0.3 is 9.84 Å². The molecule has 1 N–H and O–H groups in total. The second kappa shape index (κ2) is 5.54. The van der Waals surface area contributed by atoms with Gasteiger partial charge in [0.05, 0.1) is 17.4 Å². The predicted molar refractivity (Wildman–Crippen MR) is 61.6 cm³/mol. The molecule has 0 saturated carbocycles. The van der Waals surface area contributed by atoms with E-state index in [-0.39, 0.29) is 3.70 Å². The van der Waals surface area contributed by atoms with Crippen LogP contribution in [0.5, 0.6) is 5.75 Å². The summed E-state index contributed by atoms with van der Waals surface area (Å²) < 4.78 is 40.0. The Hall–Kier alpha value is -1.66. The van der Waals surface area contributed by atoms with Gasteiger partial charge in [-0.25, -0.2) is 4.98 Å². The molecule has 11 heteroatoms. The summed E-state index contributed by atoms with van der Waals surface area (Å²) in [6.07, 6.45) is -6.12. The Morgan fingerprint density at radius 3 is 2.58 bits per heavy atom. The molecule has 1 heterocycles. The maximum atomic E-state index is 12.2. The fraction of sp³-hybridized carbons (Fsp3) is 0.250. The van der Waals surface area contributed by atoms with E-state index in [1.165, 1.54) is 22.6 Å². The molecular weight excluding hydrogens is 388 g/mol. The molecule has 0 aliphatic carbocycles. The van der Waals surface area contributed by atoms with Crippen LogP contribution in [0.25, 0.3) is 0 Å². The first-order chi connectivity index (χ1) is 8.60. The summed E-state index contributed by atoms with van der Waals surface area (Å²) in [5, 5.41) is 19.2. The molecule has 0 aliphatic rings. The second-order valence-corrected chi connectivity index (χ2v) is 4.22. The van der Waals surface area contributed by atoms with E-state index < -0.39 is 40.8 Å². The van der Waals surface area contributed by atoms with E-state index in [2.05, 4.69) is 9.72 Å². The molecule has 0 atom stereocenters. The molecule has 1 aromatic heterocycles. The topological polar surface area (TPSA) is 103 Å². The summed E-state index contributed by atoms with van der Waals surface area (Å²) in [6.45, 7) is 0. The maximum Gasteiger partial charge on any atom is 0.573 e. The van der Waals surface area contributed by atoms with Crippen LogP contribution in [0.1, 0.15) is 5.69 Å². The van der Waals surface area contributed by atoms with E-state index in [4.69, 9.17) is 5.11 Å². The Balaban J connectivity index is 3.42. The number of ether oxygens (including phenoxy) is 1. The second-order valence-electron chi connectivity index (χ2n) is 3.12. The normalized spacial score (nSPS) is 11.2. The van der Waals surface area contributed by atoms with Gasteiger partial charge in [-0.15, -0.1) is 13.2 Å². The molecule has 0 saturated heterocycles. The largest absolute Gasteiger partial charge is 0.573 e. The van der Waals surface area contributed by atoms with E-state index in [1.54, 1.807) is 0 Å². The van der Waals surface area contributed by atoms with Crippen molar-refractivity contribution in [2.24, 2.45) is 0 Å². The van der Waals surface area contributed by atoms with Gasteiger partial charge in [-0.2, -0.15) is 0 Å². The Labute approximate surface area is 116 Å². The molecule has 1 rings (SSSR count). The first-order valence-electron chi connectivity index (χ1n) is 4.41. The molecule has 104 valence electrons. The van der Waals surface area contributed by atoms with Crippen LogP contribution in [0.3, 0.4) is 0 Å². The van der Waals surface area contributed by atoms with Crippen molar-refractivity contribution < 1.29 is 32.7 Å². The third-order valence-corrected chi connectivity index (χ3v) is 2.28. The quantitative estimate of drug-likeness (QED) is 0.365. The molecule has 0 unspecified atom stereocenters. The zero-order chi connectivity index (χ0) is 14.8. The van der Waals surface area contributed by atoms with Gasteiger partial charge in [0.1, 0.15) is 9.39 Å². The average Bonchev–Trinajstić information content (AvgIpc) is 2.18. The van der Waals surface area contributed by atoms with Crippen molar-refractivity contribution in [2.75, 3.05) is 0 Å². The van der Waals surface area contributed by atoms with Crippen LogP contribution in [0.2, 0.25) is 0 Å². The van der Waals surface area contributed by atoms with Crippen LogP contribution in [0.15, 0.2) is 6.07 Å². The highest BCUT2D eigenvalue weighted by molar-refractivity contribution is 14.1. The summed E-state index contributed by atoms with van der Waals surface area (Å²) in [5.74, 6) is -2.70. The number of hydrogen-bond donors (Lipinski definition) is 1. The van der Waals surface area contributed by atoms with Crippen LogP contribution < -0.4 is 4.74 Å². The maximum absolute atomic E-state index is 12.2. The number of rotatable bonds is 4. The monoisotopic (exact) mass is 392 g/mol. The van der Waals surface area contributed by atoms with Crippen molar-refractivity contribution in [3.05, 3.63) is 25.6 Å². The number of hydrogen-bond acceptors (Lipinski definition) is 5. The minimum atomic E-state index is -5.19. The standard InChI is InChI=1S/C8H4F3IN2O5/c9-8(10,11)19-7-3(1-6(15)16)13-5(12)2-4(7)14(17)18/h2H,1H2,(H,15,16). The lowest BCUT2D eigenvalue weighted by Crippen LogP contribution is -2.20. The van der Waals surface area contributed by atoms with Gasteiger partial charge in [0.2, 0.25) is 5.75 Å². The number of carboxylic acids is 1. The zero-order valence-electron chi connectivity index (χ0n) is 8.77. The van der Waals surface area contributed by atoms with E-state index in [0.29, 0.717) is 0 Å². The van der Waals surface area contributed by atoms with Gasteiger partial charge in [-0.1, -0.05) is 0 Å². The summed E-state index contributed by atoms with van der Waals surface area (Å²) in [6, 6.07) is 0.757. The minimum Gasteiger partial charge on any atom is -0.481 e. The highest BCUT2D eigenvalue weighted by atomic mass is 127. The third kappa shape index (κ3) is 4.50. The summed E-state index contributed by atoms with van der Waals surface area (Å²) in [5.41, 5.74) is -1.66. The van der Waals surface area contributed by atoms with E-state index in [9.17, 15) is 28.1 Å². The molecular formula is C8H4F3IN2O5. The van der Waals surface area contributed by atoms with Crippen molar-refractivity contribution in [1.29, 1.82) is 0 Å². The van der Waals surface area contributed by atoms with Crippen LogP contribution in [-0.2, 0) is 11.2 Å². The highest BCUT2D eigenvalue weighted by Gasteiger charge is 2.37. The Morgan fingerprint density at radius 1 is 1.58 bits per heavy atom. The van der Waals surface area contributed by atoms with E-state index >= 15 is 0 Å². The fourth-order valence-corrected chi connectivity index (χ4v) is 1.75. The van der Waals surface area contributed by atoms with Crippen molar-refractivity contribution in [2.45, 2.75) is 12.8 Å². The SMILES string of the molecule is O=C(O)Cc1nc(I)cc([N+](=O)[O-])c1OC(F)(F)F. The lowest BCUT2D eigenvalue weighted by Gasteiger charge is -2.12. The number of aromatic nitrogens is 1. The fourth-order valence-electron chi connectivity index (χ4n) is 1.16. The number of carbonyl (C=O) groups is 1. The van der Waals surface area contributed by atoms with Crippen molar-refractivity contribution in [1.82, 2.24) is 4.98 Å². The van der Waals surface area contributed by atoms with Gasteiger partial charge >= 0.3 is 18.0 Å². The lowest BCUT2D eigenvalue weighted by atomic mass is 10.2. The molecule has 19 heavy (non-hydrogen) atoms. The molecule has 0 bridgehead atoms. The number of pyridine rings is 1. The summed E-state index contributed by atoms with van der Waals surface area (Å²) in [7, 11) is 0. The van der Waals surface area contributed by atoms with Crippen LogP contribution in [0.4, 0.5) is 18.9 Å². The van der Waals surface area contributed by atoms with Crippen molar-refractivity contribution in [3.8, 4) is 5.75 Å². The van der Waals surface area contributed by atoms with Crippen LogP contribution >= 0.6 is 22.6 Å². The molecule has 0 fully saturated rings. The number of aliphatic carboxylic acids is 1. The molecule has 0 spiro atoms. The van der Waals surface area contributed by atoms with Gasteiger partial charge in [0.15, 0.2) is 0 Å². The van der Waals surface area contributed by atoms with Crippen molar-refractivity contribution in [3.63, 3.8) is 0 Å². The number of carboxylic acid groups (broad SMARTS) is 1.